The van der Waals surface area contributed by atoms with Crippen molar-refractivity contribution >= 4 is 17.4 Å². The van der Waals surface area contributed by atoms with Gasteiger partial charge in [0, 0.05) is 18.8 Å². The molecule has 2 aromatic heterocycles. The van der Waals surface area contributed by atoms with Gasteiger partial charge >= 0.3 is 0 Å². The van der Waals surface area contributed by atoms with Crippen molar-refractivity contribution in [2.75, 3.05) is 19.9 Å². The van der Waals surface area contributed by atoms with Crippen molar-refractivity contribution in [1.29, 1.82) is 0 Å². The smallest absolute Gasteiger partial charge is 0.273 e. The number of benzene rings is 1. The average molecular weight is 314 g/mol. The number of nitrogen functional groups attached to an aromatic ring is 1. The molecule has 23 heavy (non-hydrogen) atoms. The second-order valence-corrected chi connectivity index (χ2v) is 4.86. The van der Waals surface area contributed by atoms with Gasteiger partial charge in [-0.2, -0.15) is 0 Å². The van der Waals surface area contributed by atoms with Crippen molar-refractivity contribution in [3.63, 3.8) is 0 Å². The molecule has 1 amide bonds. The van der Waals surface area contributed by atoms with Crippen LogP contribution in [0.4, 0.5) is 10.2 Å². The summed E-state index contributed by atoms with van der Waals surface area (Å²) in [6.07, 6.45) is 1.67. The fraction of sp³-hybridized carbons (Fsp3) is 0.125. The number of carbonyl (C=O) groups excluding carboxylic acids is 1. The first kappa shape index (κ1) is 14.8. The molecule has 1 aromatic carbocycles. The van der Waals surface area contributed by atoms with E-state index in [0.717, 1.165) is 0 Å². The Hall–Kier alpha value is -3.09. The summed E-state index contributed by atoms with van der Waals surface area (Å²) < 4.78 is 21.2. The number of nitrogens with two attached hydrogens (primary N) is 1. The summed E-state index contributed by atoms with van der Waals surface area (Å²) in [5.74, 6) is -0.282. The molecule has 3 aromatic rings. The molecule has 0 saturated heterocycles. The Labute approximate surface area is 131 Å². The lowest BCUT2D eigenvalue weighted by atomic mass is 10.1. The predicted molar refractivity (Wildman–Crippen MR) is 84.9 cm³/mol. The zero-order chi connectivity index (χ0) is 16.6. The Bertz CT molecular complexity index is 904. The predicted octanol–water partition coefficient (Wildman–Crippen LogP) is 2.09. The van der Waals surface area contributed by atoms with Gasteiger partial charge in [-0.1, -0.05) is 6.07 Å². The van der Waals surface area contributed by atoms with Crippen molar-refractivity contribution in [2.45, 2.75) is 0 Å². The van der Waals surface area contributed by atoms with E-state index in [1.165, 1.54) is 20.2 Å². The molecule has 0 aliphatic rings. The van der Waals surface area contributed by atoms with E-state index in [1.54, 1.807) is 34.9 Å². The molecule has 0 spiro atoms. The minimum atomic E-state index is -0.444. The molecule has 0 radical (unpaired) electrons. The van der Waals surface area contributed by atoms with Gasteiger partial charge in [0.05, 0.1) is 12.7 Å². The highest BCUT2D eigenvalue weighted by Gasteiger charge is 2.21. The highest BCUT2D eigenvalue weighted by Crippen LogP contribution is 2.35. The summed E-state index contributed by atoms with van der Waals surface area (Å²) in [5, 5.41) is 2.48. The molecule has 118 valence electrons. The van der Waals surface area contributed by atoms with Gasteiger partial charge in [-0.25, -0.2) is 9.37 Å². The SMILES string of the molecule is CNC(=O)c1nc2c(-c3c(F)cccc3OC)cccn2c1N. The number of carbonyl (C=O) groups is 1. The van der Waals surface area contributed by atoms with Crippen LogP contribution in [0.1, 0.15) is 10.5 Å². The number of methoxy groups -OCH3 is 1. The number of hydrogen-bond acceptors (Lipinski definition) is 4. The number of fused-ring (bicyclic) bond motifs is 1. The van der Waals surface area contributed by atoms with E-state index in [1.807, 2.05) is 0 Å². The summed E-state index contributed by atoms with van der Waals surface area (Å²) in [6, 6.07) is 7.98. The van der Waals surface area contributed by atoms with Crippen LogP contribution in [-0.4, -0.2) is 29.4 Å². The van der Waals surface area contributed by atoms with Crippen LogP contribution in [-0.2, 0) is 0 Å². The molecule has 2 heterocycles. The maximum atomic E-state index is 14.4. The minimum Gasteiger partial charge on any atom is -0.496 e. The van der Waals surface area contributed by atoms with Gasteiger partial charge in [0.15, 0.2) is 5.69 Å². The van der Waals surface area contributed by atoms with Gasteiger partial charge in [-0.05, 0) is 24.3 Å². The number of imidazole rings is 1. The highest BCUT2D eigenvalue weighted by molar-refractivity contribution is 5.98. The van der Waals surface area contributed by atoms with Crippen LogP contribution in [0, 0.1) is 5.82 Å². The number of halogens is 1. The van der Waals surface area contributed by atoms with E-state index < -0.39 is 11.7 Å². The Morgan fingerprint density at radius 2 is 2.13 bits per heavy atom. The summed E-state index contributed by atoms with van der Waals surface area (Å²) >= 11 is 0. The number of hydrogen-bond donors (Lipinski definition) is 2. The van der Waals surface area contributed by atoms with Crippen LogP contribution >= 0.6 is 0 Å². The van der Waals surface area contributed by atoms with Gasteiger partial charge < -0.3 is 15.8 Å². The Balaban J connectivity index is 2.34. The standard InChI is InChI=1S/C16H15FN4O2/c1-19-16(22)13-14(18)21-8-4-5-9(15(21)20-13)12-10(17)6-3-7-11(12)23-2/h3-8H,18H2,1-2H3,(H,19,22). The molecule has 0 atom stereocenters. The van der Waals surface area contributed by atoms with E-state index in [2.05, 4.69) is 10.3 Å². The van der Waals surface area contributed by atoms with Gasteiger partial charge in [-0.3, -0.25) is 9.20 Å². The molecule has 0 fully saturated rings. The number of anilines is 1. The van der Waals surface area contributed by atoms with E-state index in [9.17, 15) is 9.18 Å². The highest BCUT2D eigenvalue weighted by atomic mass is 19.1. The first-order valence-electron chi connectivity index (χ1n) is 6.90. The molecule has 0 bridgehead atoms. The maximum absolute atomic E-state index is 14.4. The van der Waals surface area contributed by atoms with Crippen LogP contribution in [0.2, 0.25) is 0 Å². The monoisotopic (exact) mass is 314 g/mol. The third-order valence-electron chi connectivity index (χ3n) is 3.59. The van der Waals surface area contributed by atoms with Gasteiger partial charge in [0.25, 0.3) is 5.91 Å². The fourth-order valence-corrected chi connectivity index (χ4v) is 2.50. The number of amides is 1. The Morgan fingerprint density at radius 3 is 2.83 bits per heavy atom. The van der Waals surface area contributed by atoms with Crippen LogP contribution < -0.4 is 15.8 Å². The number of ether oxygens (including phenoxy) is 1. The van der Waals surface area contributed by atoms with Crippen molar-refractivity contribution in [1.82, 2.24) is 14.7 Å². The second kappa shape index (κ2) is 5.60. The van der Waals surface area contributed by atoms with Crippen LogP contribution in [0.3, 0.4) is 0 Å². The number of aromatic nitrogens is 2. The molecule has 3 N–H and O–H groups in total. The number of nitrogens with zero attached hydrogens (tertiary/aromatic N) is 2. The molecule has 0 unspecified atom stereocenters. The van der Waals surface area contributed by atoms with Crippen molar-refractivity contribution < 1.29 is 13.9 Å². The molecule has 0 aliphatic heterocycles. The lowest BCUT2D eigenvalue weighted by Gasteiger charge is -2.10. The van der Waals surface area contributed by atoms with E-state index in [4.69, 9.17) is 10.5 Å². The zero-order valence-corrected chi connectivity index (χ0v) is 12.6. The van der Waals surface area contributed by atoms with E-state index in [0.29, 0.717) is 17.0 Å². The van der Waals surface area contributed by atoms with Crippen molar-refractivity contribution in [3.8, 4) is 16.9 Å². The van der Waals surface area contributed by atoms with Crippen molar-refractivity contribution in [2.24, 2.45) is 0 Å². The summed E-state index contributed by atoms with van der Waals surface area (Å²) in [7, 11) is 2.96. The molecule has 7 heteroatoms. The zero-order valence-electron chi connectivity index (χ0n) is 12.6. The molecular weight excluding hydrogens is 299 g/mol. The topological polar surface area (TPSA) is 81.6 Å². The third kappa shape index (κ3) is 2.26. The van der Waals surface area contributed by atoms with Gasteiger partial charge in [0.2, 0.25) is 0 Å². The first-order valence-corrected chi connectivity index (χ1v) is 6.90. The summed E-state index contributed by atoms with van der Waals surface area (Å²) in [6.45, 7) is 0. The van der Waals surface area contributed by atoms with Gasteiger partial charge in [0.1, 0.15) is 23.0 Å². The normalized spacial score (nSPS) is 10.7. The molecular formula is C16H15FN4O2. The quantitative estimate of drug-likeness (QED) is 0.775. The van der Waals surface area contributed by atoms with Crippen LogP contribution in [0.25, 0.3) is 16.8 Å². The van der Waals surface area contributed by atoms with Crippen molar-refractivity contribution in [3.05, 3.63) is 48.0 Å². The second-order valence-electron chi connectivity index (χ2n) is 4.86. The van der Waals surface area contributed by atoms with Gasteiger partial charge in [-0.15, -0.1) is 0 Å². The van der Waals surface area contributed by atoms with Crippen LogP contribution in [0.15, 0.2) is 36.5 Å². The largest absolute Gasteiger partial charge is 0.496 e. The Kier molecular flexibility index (Phi) is 3.61. The summed E-state index contributed by atoms with van der Waals surface area (Å²) in [5.41, 5.74) is 7.22. The number of nitrogens with one attached hydrogen (secondary N) is 1. The average Bonchev–Trinajstić information content (AvgIpc) is 2.91. The Morgan fingerprint density at radius 1 is 1.35 bits per heavy atom. The first-order chi connectivity index (χ1) is 11.1. The third-order valence-corrected chi connectivity index (χ3v) is 3.59. The molecule has 6 nitrogen and oxygen atoms in total. The maximum Gasteiger partial charge on any atom is 0.273 e. The molecule has 0 saturated carbocycles. The van der Waals surface area contributed by atoms with Crippen LogP contribution in [0.5, 0.6) is 5.75 Å². The molecule has 3 rings (SSSR count). The summed E-state index contributed by atoms with van der Waals surface area (Å²) in [4.78, 5) is 16.2. The molecule has 0 aliphatic carbocycles. The minimum absolute atomic E-state index is 0.0928. The fourth-order valence-electron chi connectivity index (χ4n) is 2.50. The van der Waals surface area contributed by atoms with E-state index in [-0.39, 0.29) is 17.1 Å². The lowest BCUT2D eigenvalue weighted by molar-refractivity contribution is 0.0959. The van der Waals surface area contributed by atoms with E-state index >= 15 is 0 Å². The lowest BCUT2D eigenvalue weighted by Crippen LogP contribution is -2.19. The number of rotatable bonds is 3. The number of pyridine rings is 1.